The van der Waals surface area contributed by atoms with E-state index in [4.69, 9.17) is 5.11 Å². The Balaban J connectivity index is 0.000000128. The van der Waals surface area contributed by atoms with Gasteiger partial charge in [0.15, 0.2) is 0 Å². The Morgan fingerprint density at radius 3 is 2.53 bits per heavy atom. The molecule has 0 aliphatic heterocycles. The molecule has 1 aromatic carbocycles. The Kier molecular flexibility index (Phi) is 4.18. The largest absolute Gasteiger partial charge is 0.390 e. The molecule has 0 spiro atoms. The van der Waals surface area contributed by atoms with E-state index in [1.807, 2.05) is 30.5 Å². The second-order valence-electron chi connectivity index (χ2n) is 3.34. The molecular formula is C13H12N2OS. The summed E-state index contributed by atoms with van der Waals surface area (Å²) in [6.45, 7) is 0.0286. The monoisotopic (exact) mass is 244 g/mol. The molecule has 3 nitrogen and oxygen atoms in total. The molecule has 0 amide bonds. The third kappa shape index (κ3) is 3.34. The smallest absolute Gasteiger partial charge is 0.0852 e. The van der Waals surface area contributed by atoms with E-state index in [0.717, 1.165) is 0 Å². The minimum atomic E-state index is 0.0286. The summed E-state index contributed by atoms with van der Waals surface area (Å²) in [5, 5.41) is 9.71. The van der Waals surface area contributed by atoms with Crippen molar-refractivity contribution in [2.75, 3.05) is 0 Å². The van der Waals surface area contributed by atoms with Gasteiger partial charge in [-0.25, -0.2) is 0 Å². The molecule has 0 atom stereocenters. The Bertz CT molecular complexity index is 535. The lowest BCUT2D eigenvalue weighted by Gasteiger charge is -1.88. The average molecular weight is 244 g/mol. The van der Waals surface area contributed by atoms with E-state index in [2.05, 4.69) is 21.5 Å². The van der Waals surface area contributed by atoms with Crippen LogP contribution in [0.3, 0.4) is 0 Å². The summed E-state index contributed by atoms with van der Waals surface area (Å²) in [5.74, 6) is 0. The van der Waals surface area contributed by atoms with Crippen molar-refractivity contribution in [3.05, 3.63) is 60.6 Å². The van der Waals surface area contributed by atoms with Gasteiger partial charge in [0.25, 0.3) is 0 Å². The summed E-state index contributed by atoms with van der Waals surface area (Å²) >= 11 is 1.54. The van der Waals surface area contributed by atoms with E-state index in [-0.39, 0.29) is 6.61 Å². The van der Waals surface area contributed by atoms with Gasteiger partial charge in [-0.1, -0.05) is 24.3 Å². The predicted octanol–water partition coefficient (Wildman–Crippen LogP) is 2.87. The zero-order chi connectivity index (χ0) is 11.9. The molecule has 0 unspecified atom stereocenters. The maximum atomic E-state index is 8.48. The first-order valence-corrected chi connectivity index (χ1v) is 5.97. The minimum absolute atomic E-state index is 0.0286. The Hall–Kier alpha value is -1.78. The van der Waals surface area contributed by atoms with E-state index in [9.17, 15) is 0 Å². The topological polar surface area (TPSA) is 46.0 Å². The predicted molar refractivity (Wildman–Crippen MR) is 69.8 cm³/mol. The molecule has 0 fully saturated rings. The molecule has 0 radical (unpaired) electrons. The third-order valence-electron chi connectivity index (χ3n) is 2.15. The van der Waals surface area contributed by atoms with Crippen molar-refractivity contribution in [1.82, 2.24) is 9.36 Å². The van der Waals surface area contributed by atoms with Crippen LogP contribution in [0.15, 0.2) is 54.9 Å². The molecule has 3 aromatic rings. The summed E-state index contributed by atoms with van der Waals surface area (Å²) in [4.78, 5) is 3.85. The van der Waals surface area contributed by atoms with Crippen LogP contribution in [0.4, 0.5) is 0 Å². The van der Waals surface area contributed by atoms with E-state index in [1.54, 1.807) is 12.3 Å². The van der Waals surface area contributed by atoms with Gasteiger partial charge in [0.2, 0.25) is 0 Å². The van der Waals surface area contributed by atoms with Crippen molar-refractivity contribution in [1.29, 1.82) is 0 Å². The van der Waals surface area contributed by atoms with Crippen LogP contribution in [-0.4, -0.2) is 14.5 Å². The molecular weight excluding hydrogens is 232 g/mol. The minimum Gasteiger partial charge on any atom is -0.390 e. The summed E-state index contributed by atoms with van der Waals surface area (Å²) in [5.41, 5.74) is 0.715. The fourth-order valence-corrected chi connectivity index (χ4v) is 1.95. The van der Waals surface area contributed by atoms with Crippen LogP contribution in [0.2, 0.25) is 0 Å². The van der Waals surface area contributed by atoms with Gasteiger partial charge in [0.05, 0.1) is 17.0 Å². The molecule has 1 N–H and O–H groups in total. The highest BCUT2D eigenvalue weighted by Gasteiger charge is 1.89. The van der Waals surface area contributed by atoms with Crippen molar-refractivity contribution in [2.45, 2.75) is 6.61 Å². The van der Waals surface area contributed by atoms with Gasteiger partial charge in [0.1, 0.15) is 0 Å². The number of aromatic nitrogens is 2. The SMILES string of the molecule is OCc1ccccn1.c1ccc2sncc2c1. The standard InChI is InChI=1S/C7H5NS.C6H7NO/c1-2-4-7-6(3-1)5-8-9-7;8-5-6-3-1-2-4-7-6/h1-5H;1-4,8H,5H2. The van der Waals surface area contributed by atoms with Gasteiger partial charge in [-0.2, -0.15) is 4.37 Å². The van der Waals surface area contributed by atoms with Crippen molar-refractivity contribution < 1.29 is 5.11 Å². The van der Waals surface area contributed by atoms with Crippen LogP contribution < -0.4 is 0 Å². The van der Waals surface area contributed by atoms with Crippen molar-refractivity contribution in [3.8, 4) is 0 Å². The molecule has 17 heavy (non-hydrogen) atoms. The van der Waals surface area contributed by atoms with Gasteiger partial charge in [0, 0.05) is 17.8 Å². The fraction of sp³-hybridized carbons (Fsp3) is 0.0769. The molecule has 3 rings (SSSR count). The van der Waals surface area contributed by atoms with Crippen molar-refractivity contribution in [3.63, 3.8) is 0 Å². The van der Waals surface area contributed by atoms with E-state index >= 15 is 0 Å². The molecule has 0 aliphatic carbocycles. The third-order valence-corrected chi connectivity index (χ3v) is 2.93. The van der Waals surface area contributed by atoms with Crippen LogP contribution in [0.25, 0.3) is 10.1 Å². The number of fused-ring (bicyclic) bond motifs is 1. The van der Waals surface area contributed by atoms with Crippen molar-refractivity contribution in [2.24, 2.45) is 0 Å². The van der Waals surface area contributed by atoms with Gasteiger partial charge in [-0.15, -0.1) is 0 Å². The Morgan fingerprint density at radius 1 is 1.06 bits per heavy atom. The maximum absolute atomic E-state index is 8.48. The summed E-state index contributed by atoms with van der Waals surface area (Å²) < 4.78 is 5.30. The number of aliphatic hydroxyl groups is 1. The zero-order valence-electron chi connectivity index (χ0n) is 9.15. The molecule has 4 heteroatoms. The van der Waals surface area contributed by atoms with Gasteiger partial charge < -0.3 is 5.11 Å². The van der Waals surface area contributed by atoms with E-state index in [1.165, 1.54) is 21.6 Å². The number of hydrogen-bond donors (Lipinski definition) is 1. The number of benzene rings is 1. The summed E-state index contributed by atoms with van der Waals surface area (Å²) in [6, 6.07) is 13.6. The first-order valence-electron chi connectivity index (χ1n) is 5.20. The lowest BCUT2D eigenvalue weighted by atomic mass is 10.3. The van der Waals surface area contributed by atoms with Crippen molar-refractivity contribution >= 4 is 21.6 Å². The molecule has 0 saturated carbocycles. The lowest BCUT2D eigenvalue weighted by Crippen LogP contribution is -1.84. The molecule has 2 heterocycles. The maximum Gasteiger partial charge on any atom is 0.0852 e. The summed E-state index contributed by atoms with van der Waals surface area (Å²) in [7, 11) is 0. The number of pyridine rings is 1. The number of aliphatic hydroxyl groups excluding tert-OH is 1. The molecule has 86 valence electrons. The zero-order valence-corrected chi connectivity index (χ0v) is 9.97. The van der Waals surface area contributed by atoms with Crippen LogP contribution in [-0.2, 0) is 6.61 Å². The highest BCUT2D eigenvalue weighted by molar-refractivity contribution is 7.13. The second-order valence-corrected chi connectivity index (χ2v) is 4.18. The van der Waals surface area contributed by atoms with Gasteiger partial charge in [-0.3, -0.25) is 4.98 Å². The van der Waals surface area contributed by atoms with E-state index < -0.39 is 0 Å². The van der Waals surface area contributed by atoms with Crippen LogP contribution in [0.1, 0.15) is 5.69 Å². The number of rotatable bonds is 1. The average Bonchev–Trinajstić information content (AvgIpc) is 2.89. The molecule has 0 bridgehead atoms. The van der Waals surface area contributed by atoms with Crippen LogP contribution in [0, 0.1) is 0 Å². The van der Waals surface area contributed by atoms with Crippen LogP contribution >= 0.6 is 11.5 Å². The van der Waals surface area contributed by atoms with Gasteiger partial charge >= 0.3 is 0 Å². The fourth-order valence-electron chi connectivity index (χ4n) is 1.30. The number of nitrogens with zero attached hydrogens (tertiary/aromatic N) is 2. The van der Waals surface area contributed by atoms with E-state index in [0.29, 0.717) is 5.69 Å². The normalized spacial score (nSPS) is 9.71. The first kappa shape index (κ1) is 11.7. The highest BCUT2D eigenvalue weighted by Crippen LogP contribution is 2.15. The second kappa shape index (κ2) is 6.08. The summed E-state index contributed by atoms with van der Waals surface area (Å²) in [6.07, 6.45) is 3.55. The lowest BCUT2D eigenvalue weighted by molar-refractivity contribution is 0.277. The Labute approximate surface area is 104 Å². The number of hydrogen-bond acceptors (Lipinski definition) is 4. The van der Waals surface area contributed by atoms with Gasteiger partial charge in [-0.05, 0) is 29.7 Å². The van der Waals surface area contributed by atoms with Crippen LogP contribution in [0.5, 0.6) is 0 Å². The highest BCUT2D eigenvalue weighted by atomic mass is 32.1. The molecule has 0 saturated heterocycles. The first-order chi connectivity index (χ1) is 8.40. The molecule has 0 aliphatic rings. The molecule has 2 aromatic heterocycles. The Morgan fingerprint density at radius 2 is 1.88 bits per heavy atom. The quantitative estimate of drug-likeness (QED) is 0.716.